The van der Waals surface area contributed by atoms with Crippen molar-refractivity contribution < 1.29 is 38.7 Å². The number of hydrogen-bond acceptors (Lipinski definition) is 8. The second-order valence-corrected chi connectivity index (χ2v) is 8.86. The van der Waals surface area contributed by atoms with E-state index in [0.29, 0.717) is 36.7 Å². The molecule has 11 heteroatoms. The number of rotatable bonds is 9. The summed E-state index contributed by atoms with van der Waals surface area (Å²) in [6, 6.07) is 9.13. The molecule has 1 atom stereocenters. The van der Waals surface area contributed by atoms with Gasteiger partial charge in [-0.25, -0.2) is 0 Å². The van der Waals surface area contributed by atoms with Gasteiger partial charge in [-0.15, -0.1) is 0 Å². The Morgan fingerprint density at radius 3 is 2.51 bits per heavy atom. The third kappa shape index (κ3) is 5.42. The summed E-state index contributed by atoms with van der Waals surface area (Å²) in [6.07, 6.45) is 0.595. The Morgan fingerprint density at radius 1 is 1.11 bits per heavy atom. The van der Waals surface area contributed by atoms with E-state index in [9.17, 15) is 24.8 Å². The van der Waals surface area contributed by atoms with Crippen LogP contribution in [0.1, 0.15) is 23.6 Å². The summed E-state index contributed by atoms with van der Waals surface area (Å²) in [7, 11) is 2.88. The Morgan fingerprint density at radius 2 is 1.84 bits per heavy atom. The van der Waals surface area contributed by atoms with Crippen molar-refractivity contribution in [2.24, 2.45) is 0 Å². The number of hydrogen-bond donors (Lipinski definition) is 1. The van der Waals surface area contributed by atoms with Crippen molar-refractivity contribution >= 4 is 23.1 Å². The van der Waals surface area contributed by atoms with Gasteiger partial charge in [-0.1, -0.05) is 24.0 Å². The Balaban J connectivity index is 1.74. The van der Waals surface area contributed by atoms with Crippen LogP contribution in [0.3, 0.4) is 0 Å². The zero-order valence-electron chi connectivity index (χ0n) is 20.7. The van der Waals surface area contributed by atoms with E-state index in [0.717, 1.165) is 19.6 Å². The number of nitrogens with one attached hydrogen (secondary N) is 1. The summed E-state index contributed by atoms with van der Waals surface area (Å²) in [6.45, 7) is 4.05. The second-order valence-electron chi connectivity index (χ2n) is 8.86. The highest BCUT2D eigenvalue weighted by Crippen LogP contribution is 2.40. The number of nitrogens with zero attached hydrogens (tertiary/aromatic N) is 2. The van der Waals surface area contributed by atoms with Gasteiger partial charge in [0.1, 0.15) is 13.1 Å². The van der Waals surface area contributed by atoms with Crippen molar-refractivity contribution in [3.63, 3.8) is 0 Å². The fourth-order valence-electron chi connectivity index (χ4n) is 4.80. The van der Waals surface area contributed by atoms with Gasteiger partial charge >= 0.3 is 0 Å². The number of ether oxygens (including phenoxy) is 3. The Hall–Kier alpha value is -3.96. The molecule has 37 heavy (non-hydrogen) atoms. The van der Waals surface area contributed by atoms with Crippen molar-refractivity contribution in [2.75, 3.05) is 53.6 Å². The van der Waals surface area contributed by atoms with Gasteiger partial charge < -0.3 is 29.1 Å². The largest absolute Gasteiger partial charge is 0.872 e. The molecule has 0 radical (unpaired) electrons. The first-order valence-electron chi connectivity index (χ1n) is 12.0. The number of methoxy groups -OCH3 is 2. The predicted octanol–water partition coefficient (Wildman–Crippen LogP) is 0.141. The molecule has 2 aliphatic heterocycles. The molecule has 2 aliphatic rings. The van der Waals surface area contributed by atoms with Crippen LogP contribution in [0.4, 0.5) is 5.69 Å². The molecule has 2 saturated heterocycles. The number of nitro groups is 1. The number of Topliss-reactive ketones (excluding diaryl/α,β-unsaturated/α-hetero) is 1. The number of benzene rings is 2. The van der Waals surface area contributed by atoms with Gasteiger partial charge in [0.25, 0.3) is 11.6 Å². The number of ketones is 1. The number of carbonyl (C=O) groups excluding carboxylic acids is 2. The lowest BCUT2D eigenvalue weighted by molar-refractivity contribution is -0.908. The van der Waals surface area contributed by atoms with Crippen molar-refractivity contribution in [2.45, 2.75) is 12.5 Å². The van der Waals surface area contributed by atoms with Crippen LogP contribution in [-0.4, -0.2) is 75.1 Å². The number of amides is 1. The maximum Gasteiger partial charge on any atom is 0.295 e. The van der Waals surface area contributed by atoms with Crippen molar-refractivity contribution in [3.05, 3.63) is 69.3 Å². The van der Waals surface area contributed by atoms with Gasteiger partial charge in [-0.3, -0.25) is 19.7 Å². The minimum Gasteiger partial charge on any atom is -0.872 e. The SMILES string of the molecule is COc1ccc(C([O-])=C2C(=O)C(=O)N(CCC[NH+]3CCOCC3)C2c2cccc([N+](=O)[O-])c2)cc1OC. The molecule has 2 aromatic rings. The molecule has 2 heterocycles. The lowest BCUT2D eigenvalue weighted by Gasteiger charge is -2.29. The predicted molar refractivity (Wildman–Crippen MR) is 130 cm³/mol. The third-order valence-corrected chi connectivity index (χ3v) is 6.70. The van der Waals surface area contributed by atoms with Gasteiger partial charge in [0, 0.05) is 30.7 Å². The molecular formula is C26H29N3O8. The van der Waals surface area contributed by atoms with Crippen LogP contribution in [0.5, 0.6) is 11.5 Å². The van der Waals surface area contributed by atoms with Gasteiger partial charge in [-0.2, -0.15) is 0 Å². The van der Waals surface area contributed by atoms with E-state index >= 15 is 0 Å². The molecule has 2 aromatic carbocycles. The number of morpholine rings is 1. The zero-order chi connectivity index (χ0) is 26.5. The molecule has 4 rings (SSSR count). The molecule has 0 spiro atoms. The molecule has 1 N–H and O–H groups in total. The summed E-state index contributed by atoms with van der Waals surface area (Å²) in [4.78, 5) is 40.0. The van der Waals surface area contributed by atoms with E-state index < -0.39 is 28.4 Å². The lowest BCUT2D eigenvalue weighted by Crippen LogP contribution is -3.14. The summed E-state index contributed by atoms with van der Waals surface area (Å²) >= 11 is 0. The molecule has 0 aromatic heterocycles. The van der Waals surface area contributed by atoms with Crippen molar-refractivity contribution in [1.29, 1.82) is 0 Å². The number of nitro benzene ring substituents is 1. The first-order chi connectivity index (χ1) is 17.8. The fourth-order valence-corrected chi connectivity index (χ4v) is 4.80. The molecule has 2 fully saturated rings. The van der Waals surface area contributed by atoms with Crippen LogP contribution in [0, 0.1) is 10.1 Å². The Bertz CT molecular complexity index is 1220. The van der Waals surface area contributed by atoms with E-state index in [-0.39, 0.29) is 23.4 Å². The monoisotopic (exact) mass is 511 g/mol. The molecule has 1 unspecified atom stereocenters. The van der Waals surface area contributed by atoms with Gasteiger partial charge in [0.2, 0.25) is 5.78 Å². The highest BCUT2D eigenvalue weighted by molar-refractivity contribution is 6.46. The van der Waals surface area contributed by atoms with Crippen LogP contribution >= 0.6 is 0 Å². The van der Waals surface area contributed by atoms with Gasteiger partial charge in [0.05, 0.1) is 44.9 Å². The highest BCUT2D eigenvalue weighted by Gasteiger charge is 2.44. The topological polar surface area (TPSA) is 136 Å². The van der Waals surface area contributed by atoms with Crippen LogP contribution in [0.25, 0.3) is 5.76 Å². The maximum absolute atomic E-state index is 13.7. The van der Waals surface area contributed by atoms with Crippen LogP contribution in [0.15, 0.2) is 48.0 Å². The van der Waals surface area contributed by atoms with Gasteiger partial charge in [-0.05, 0) is 23.3 Å². The summed E-state index contributed by atoms with van der Waals surface area (Å²) in [5, 5.41) is 25.1. The van der Waals surface area contributed by atoms with Crippen LogP contribution in [-0.2, 0) is 14.3 Å². The average Bonchev–Trinajstić information content (AvgIpc) is 3.18. The van der Waals surface area contributed by atoms with Gasteiger partial charge in [0.15, 0.2) is 11.5 Å². The first-order valence-corrected chi connectivity index (χ1v) is 12.0. The molecule has 0 saturated carbocycles. The quantitative estimate of drug-likeness (QED) is 0.165. The van der Waals surface area contributed by atoms with Crippen LogP contribution in [0.2, 0.25) is 0 Å². The second kappa shape index (κ2) is 11.4. The van der Waals surface area contributed by atoms with Crippen molar-refractivity contribution in [1.82, 2.24) is 4.90 Å². The number of quaternary nitrogens is 1. The molecular weight excluding hydrogens is 482 g/mol. The maximum atomic E-state index is 13.7. The number of likely N-dealkylation sites (tertiary alicyclic amines) is 1. The van der Waals surface area contributed by atoms with E-state index in [2.05, 4.69) is 0 Å². The van der Waals surface area contributed by atoms with E-state index in [1.54, 1.807) is 12.1 Å². The standard InChI is InChI=1S/C26H29N3O8/c1-35-20-8-7-18(16-21(20)36-2)24(30)22-23(17-5-3-6-19(15-17)29(33)34)28(26(32)25(22)31)10-4-9-27-11-13-37-14-12-27/h3,5-8,15-16,23,30H,4,9-14H2,1-2H3. The third-order valence-electron chi connectivity index (χ3n) is 6.70. The number of non-ortho nitro benzene ring substituents is 1. The number of carbonyl (C=O) groups is 2. The molecule has 0 bridgehead atoms. The van der Waals surface area contributed by atoms with E-state index in [4.69, 9.17) is 14.2 Å². The zero-order valence-corrected chi connectivity index (χ0v) is 20.7. The minimum absolute atomic E-state index is 0.142. The summed E-state index contributed by atoms with van der Waals surface area (Å²) < 4.78 is 15.9. The normalized spacial score (nSPS) is 19.7. The fraction of sp³-hybridized carbons (Fsp3) is 0.385. The van der Waals surface area contributed by atoms with E-state index in [1.165, 1.54) is 54.4 Å². The summed E-state index contributed by atoms with van der Waals surface area (Å²) in [5.41, 5.74) is 0.0381. The molecule has 196 valence electrons. The Kier molecular flexibility index (Phi) is 8.04. The van der Waals surface area contributed by atoms with E-state index in [1.807, 2.05) is 0 Å². The molecule has 1 amide bonds. The van der Waals surface area contributed by atoms with Crippen LogP contribution < -0.4 is 19.5 Å². The minimum atomic E-state index is -1.04. The lowest BCUT2D eigenvalue weighted by atomic mass is 9.94. The average molecular weight is 512 g/mol. The smallest absolute Gasteiger partial charge is 0.295 e. The molecule has 11 nitrogen and oxygen atoms in total. The first kappa shape index (κ1) is 26.1. The summed E-state index contributed by atoms with van der Waals surface area (Å²) in [5.74, 6) is -1.65. The highest BCUT2D eigenvalue weighted by atomic mass is 16.6. The van der Waals surface area contributed by atoms with Crippen molar-refractivity contribution in [3.8, 4) is 11.5 Å². The molecule has 0 aliphatic carbocycles. The Labute approximate surface area is 214 Å².